The first-order valence-electron chi connectivity index (χ1n) is 6.83. The lowest BCUT2D eigenvalue weighted by Gasteiger charge is -2.13. The van der Waals surface area contributed by atoms with Crippen molar-refractivity contribution in [2.75, 3.05) is 19.0 Å². The van der Waals surface area contributed by atoms with Crippen molar-refractivity contribution in [3.8, 4) is 11.5 Å². The zero-order valence-electron chi connectivity index (χ0n) is 12.8. The monoisotopic (exact) mass is 363 g/mol. The number of methoxy groups -OCH3 is 1. The number of amides is 1. The summed E-state index contributed by atoms with van der Waals surface area (Å²) in [5.74, 6) is 1.06. The molecule has 0 aliphatic heterocycles. The van der Waals surface area contributed by atoms with Crippen LogP contribution in [-0.2, 0) is 4.79 Å². The van der Waals surface area contributed by atoms with Gasteiger partial charge in [0, 0.05) is 0 Å². The summed E-state index contributed by atoms with van der Waals surface area (Å²) in [6.07, 6.45) is 0. The van der Waals surface area contributed by atoms with Crippen LogP contribution in [0, 0.1) is 13.8 Å². The summed E-state index contributed by atoms with van der Waals surface area (Å²) in [6.45, 7) is 3.89. The number of ether oxygens (including phenoxy) is 2. The average molecular weight is 364 g/mol. The molecule has 0 saturated heterocycles. The van der Waals surface area contributed by atoms with Crippen molar-refractivity contribution >= 4 is 27.5 Å². The molecule has 0 saturated carbocycles. The molecule has 0 radical (unpaired) electrons. The van der Waals surface area contributed by atoms with E-state index in [0.29, 0.717) is 17.2 Å². The summed E-state index contributed by atoms with van der Waals surface area (Å²) in [4.78, 5) is 12.0. The molecule has 0 fully saturated rings. The van der Waals surface area contributed by atoms with Crippen molar-refractivity contribution in [2.24, 2.45) is 0 Å². The number of carbonyl (C=O) groups excluding carboxylic acids is 1. The molecule has 116 valence electrons. The van der Waals surface area contributed by atoms with Crippen molar-refractivity contribution in [2.45, 2.75) is 13.8 Å². The Morgan fingerprint density at radius 1 is 1.23 bits per heavy atom. The Morgan fingerprint density at radius 3 is 2.64 bits per heavy atom. The molecular formula is C17H18BrNO3. The van der Waals surface area contributed by atoms with Crippen LogP contribution in [0.25, 0.3) is 0 Å². The van der Waals surface area contributed by atoms with E-state index < -0.39 is 0 Å². The standard InChI is InChI=1S/C17H18BrNO3/c1-11-8-12(2)17(13(18)9-11)22-10-16(20)19-14-6-4-5-7-15(14)21-3/h4-9H,10H2,1-3H3,(H,19,20). The highest BCUT2D eigenvalue weighted by Crippen LogP contribution is 2.30. The minimum absolute atomic E-state index is 0.0689. The van der Waals surface area contributed by atoms with Gasteiger partial charge in [-0.15, -0.1) is 0 Å². The van der Waals surface area contributed by atoms with Gasteiger partial charge in [0.1, 0.15) is 11.5 Å². The van der Waals surface area contributed by atoms with Crippen LogP contribution >= 0.6 is 15.9 Å². The number of hydrogen-bond acceptors (Lipinski definition) is 3. The number of nitrogens with one attached hydrogen (secondary N) is 1. The Hall–Kier alpha value is -2.01. The van der Waals surface area contributed by atoms with E-state index in [1.54, 1.807) is 19.2 Å². The largest absolute Gasteiger partial charge is 0.495 e. The predicted octanol–water partition coefficient (Wildman–Crippen LogP) is 4.09. The Balaban J connectivity index is 2.02. The quantitative estimate of drug-likeness (QED) is 0.869. The molecule has 0 unspecified atom stereocenters. The van der Waals surface area contributed by atoms with E-state index in [1.165, 1.54) is 0 Å². The summed E-state index contributed by atoms with van der Waals surface area (Å²) >= 11 is 3.46. The molecule has 2 rings (SSSR count). The lowest BCUT2D eigenvalue weighted by atomic mass is 10.1. The van der Waals surface area contributed by atoms with Gasteiger partial charge in [0.2, 0.25) is 0 Å². The van der Waals surface area contributed by atoms with Gasteiger partial charge in [0.05, 0.1) is 17.3 Å². The Bertz CT molecular complexity index is 662. The third-order valence-electron chi connectivity index (χ3n) is 3.10. The maximum absolute atomic E-state index is 12.0. The normalized spacial score (nSPS) is 10.2. The highest BCUT2D eigenvalue weighted by atomic mass is 79.9. The van der Waals surface area contributed by atoms with Gasteiger partial charge in [-0.1, -0.05) is 18.2 Å². The molecular weight excluding hydrogens is 346 g/mol. The third-order valence-corrected chi connectivity index (χ3v) is 3.69. The van der Waals surface area contributed by atoms with Crippen LogP contribution in [0.15, 0.2) is 40.9 Å². The Kier molecular flexibility index (Phi) is 5.44. The molecule has 4 nitrogen and oxygen atoms in total. The maximum Gasteiger partial charge on any atom is 0.262 e. The highest BCUT2D eigenvalue weighted by molar-refractivity contribution is 9.10. The minimum Gasteiger partial charge on any atom is -0.495 e. The van der Waals surface area contributed by atoms with Gasteiger partial charge in [-0.3, -0.25) is 4.79 Å². The summed E-state index contributed by atoms with van der Waals surface area (Å²) in [7, 11) is 1.56. The zero-order chi connectivity index (χ0) is 16.1. The molecule has 0 aliphatic carbocycles. The summed E-state index contributed by atoms with van der Waals surface area (Å²) in [6, 6.07) is 11.2. The fourth-order valence-electron chi connectivity index (χ4n) is 2.16. The van der Waals surface area contributed by atoms with Crippen LogP contribution in [-0.4, -0.2) is 19.6 Å². The Labute approximate surface area is 138 Å². The van der Waals surface area contributed by atoms with E-state index in [0.717, 1.165) is 15.6 Å². The van der Waals surface area contributed by atoms with Crippen molar-refractivity contribution in [3.05, 3.63) is 52.0 Å². The SMILES string of the molecule is COc1ccccc1NC(=O)COc1c(C)cc(C)cc1Br. The van der Waals surface area contributed by atoms with Crippen LogP contribution < -0.4 is 14.8 Å². The molecule has 22 heavy (non-hydrogen) atoms. The third kappa shape index (κ3) is 4.01. The first-order valence-corrected chi connectivity index (χ1v) is 7.63. The molecule has 0 atom stereocenters. The van der Waals surface area contributed by atoms with Crippen LogP contribution in [0.2, 0.25) is 0 Å². The number of anilines is 1. The van der Waals surface area contributed by atoms with E-state index in [1.807, 2.05) is 38.1 Å². The molecule has 1 amide bonds. The van der Waals surface area contributed by atoms with Crippen LogP contribution in [0.3, 0.4) is 0 Å². The molecule has 1 N–H and O–H groups in total. The van der Waals surface area contributed by atoms with E-state index in [4.69, 9.17) is 9.47 Å². The second-order valence-electron chi connectivity index (χ2n) is 4.93. The highest BCUT2D eigenvalue weighted by Gasteiger charge is 2.11. The Morgan fingerprint density at radius 2 is 1.95 bits per heavy atom. The second-order valence-corrected chi connectivity index (χ2v) is 5.78. The van der Waals surface area contributed by atoms with Gasteiger partial charge >= 0.3 is 0 Å². The number of aryl methyl sites for hydroxylation is 2. The minimum atomic E-state index is -0.239. The molecule has 0 spiro atoms. The topological polar surface area (TPSA) is 47.6 Å². The molecule has 2 aromatic rings. The van der Waals surface area contributed by atoms with Gasteiger partial charge in [0.15, 0.2) is 6.61 Å². The van der Waals surface area contributed by atoms with Gasteiger partial charge in [-0.2, -0.15) is 0 Å². The van der Waals surface area contributed by atoms with Gasteiger partial charge in [-0.25, -0.2) is 0 Å². The zero-order valence-corrected chi connectivity index (χ0v) is 14.4. The van der Waals surface area contributed by atoms with Gasteiger partial charge in [0.25, 0.3) is 5.91 Å². The molecule has 0 bridgehead atoms. The van der Waals surface area contributed by atoms with E-state index >= 15 is 0 Å². The summed E-state index contributed by atoms with van der Waals surface area (Å²) < 4.78 is 11.7. The van der Waals surface area contributed by atoms with Gasteiger partial charge < -0.3 is 14.8 Å². The average Bonchev–Trinajstić information content (AvgIpc) is 2.46. The van der Waals surface area contributed by atoms with E-state index in [2.05, 4.69) is 21.2 Å². The number of hydrogen-bond donors (Lipinski definition) is 1. The number of para-hydroxylation sites is 2. The van der Waals surface area contributed by atoms with Crippen molar-refractivity contribution in [3.63, 3.8) is 0 Å². The maximum atomic E-state index is 12.0. The van der Waals surface area contributed by atoms with Crippen molar-refractivity contribution in [1.29, 1.82) is 0 Å². The van der Waals surface area contributed by atoms with Crippen LogP contribution in [0.4, 0.5) is 5.69 Å². The number of halogens is 1. The number of rotatable bonds is 5. The first kappa shape index (κ1) is 16.4. The van der Waals surface area contributed by atoms with Gasteiger partial charge in [-0.05, 0) is 59.1 Å². The van der Waals surface area contributed by atoms with Crippen LogP contribution in [0.1, 0.15) is 11.1 Å². The first-order chi connectivity index (χ1) is 10.5. The van der Waals surface area contributed by atoms with E-state index in [9.17, 15) is 4.79 Å². The fraction of sp³-hybridized carbons (Fsp3) is 0.235. The second kappa shape index (κ2) is 7.31. The van der Waals surface area contributed by atoms with E-state index in [-0.39, 0.29) is 12.5 Å². The van der Waals surface area contributed by atoms with Crippen molar-refractivity contribution in [1.82, 2.24) is 0 Å². The van der Waals surface area contributed by atoms with Crippen LogP contribution in [0.5, 0.6) is 11.5 Å². The predicted molar refractivity (Wildman–Crippen MR) is 90.7 cm³/mol. The number of carbonyl (C=O) groups is 1. The fourth-order valence-corrected chi connectivity index (χ4v) is 2.95. The molecule has 2 aromatic carbocycles. The lowest BCUT2D eigenvalue weighted by Crippen LogP contribution is -2.20. The number of benzene rings is 2. The molecule has 0 aliphatic rings. The van der Waals surface area contributed by atoms with Crippen molar-refractivity contribution < 1.29 is 14.3 Å². The molecule has 0 aromatic heterocycles. The molecule has 0 heterocycles. The lowest BCUT2D eigenvalue weighted by molar-refractivity contribution is -0.118. The molecule has 5 heteroatoms. The summed E-state index contributed by atoms with van der Waals surface area (Å²) in [5.41, 5.74) is 2.74. The smallest absolute Gasteiger partial charge is 0.262 e. The summed E-state index contributed by atoms with van der Waals surface area (Å²) in [5, 5.41) is 2.78.